The summed E-state index contributed by atoms with van der Waals surface area (Å²) in [6.07, 6.45) is 0. The topological polar surface area (TPSA) is 149 Å². The average Bonchev–Trinajstić information content (AvgIpc) is 3.65. The maximum atomic E-state index is 14.2. The summed E-state index contributed by atoms with van der Waals surface area (Å²) in [6.45, 7) is 3.56. The van der Waals surface area contributed by atoms with E-state index in [9.17, 15) is 24.5 Å². The fraction of sp³-hybridized carbons (Fsp3) is 0.207. The predicted molar refractivity (Wildman–Crippen MR) is 149 cm³/mol. The summed E-state index contributed by atoms with van der Waals surface area (Å²) >= 11 is 1.36. The Morgan fingerprint density at radius 3 is 2.38 bits per heavy atom. The molecule has 5 rings (SSSR count). The summed E-state index contributed by atoms with van der Waals surface area (Å²) in [6, 6.07) is 16.5. The molecule has 0 spiro atoms. The monoisotopic (exact) mass is 558 g/mol. The van der Waals surface area contributed by atoms with E-state index in [2.05, 4.69) is 5.32 Å². The number of hydrogen-bond donors (Lipinski definition) is 2. The summed E-state index contributed by atoms with van der Waals surface area (Å²) < 4.78 is 5.70. The van der Waals surface area contributed by atoms with Gasteiger partial charge >= 0.3 is 6.03 Å². The number of amides is 3. The Labute approximate surface area is 233 Å². The van der Waals surface area contributed by atoms with Gasteiger partial charge in [-0.05, 0) is 60.7 Å². The van der Waals surface area contributed by atoms with Crippen LogP contribution in [0.15, 0.2) is 82.6 Å². The number of carbonyl (C=O) groups excluding carboxylic acids is 3. The van der Waals surface area contributed by atoms with Crippen molar-refractivity contribution in [2.75, 3.05) is 5.32 Å². The van der Waals surface area contributed by atoms with Crippen LogP contribution >= 0.6 is 11.3 Å². The molecule has 2 aromatic heterocycles. The summed E-state index contributed by atoms with van der Waals surface area (Å²) in [4.78, 5) is 54.6. The molecular weight excluding hydrogens is 532 g/mol. The zero-order valence-corrected chi connectivity index (χ0v) is 22.5. The number of nitrogens with two attached hydrogens (primary N) is 1. The number of non-ortho nitro benzene ring substituents is 1. The molecule has 0 bridgehead atoms. The van der Waals surface area contributed by atoms with Gasteiger partial charge in [0.05, 0.1) is 16.9 Å². The van der Waals surface area contributed by atoms with Crippen LogP contribution < -0.4 is 11.1 Å². The predicted octanol–water partition coefficient (Wildman–Crippen LogP) is 5.59. The van der Waals surface area contributed by atoms with Gasteiger partial charge in [0, 0.05) is 28.6 Å². The van der Waals surface area contributed by atoms with Gasteiger partial charge in [0.25, 0.3) is 5.69 Å². The first-order valence-corrected chi connectivity index (χ1v) is 13.4. The fourth-order valence-electron chi connectivity index (χ4n) is 5.45. The average molecular weight is 559 g/mol. The van der Waals surface area contributed by atoms with Crippen LogP contribution in [0.1, 0.15) is 44.3 Å². The molecule has 3 heterocycles. The van der Waals surface area contributed by atoms with Gasteiger partial charge in [-0.2, -0.15) is 0 Å². The van der Waals surface area contributed by atoms with E-state index in [1.54, 1.807) is 55.5 Å². The zero-order chi connectivity index (χ0) is 28.6. The number of benzene rings is 2. The molecule has 4 atom stereocenters. The van der Waals surface area contributed by atoms with Crippen molar-refractivity contribution in [1.29, 1.82) is 0 Å². The van der Waals surface area contributed by atoms with Gasteiger partial charge in [-0.15, -0.1) is 11.3 Å². The largest absolute Gasteiger partial charge is 0.458 e. The number of Topliss-reactive ketones (excluding diaryl/α,β-unsaturated/α-hetero) is 1. The summed E-state index contributed by atoms with van der Waals surface area (Å²) in [7, 11) is 0. The number of nitro benzene ring substituents is 1. The molecule has 0 radical (unpaired) electrons. The number of nitro groups is 1. The van der Waals surface area contributed by atoms with Gasteiger partial charge in [-0.25, -0.2) is 4.79 Å². The van der Waals surface area contributed by atoms with Gasteiger partial charge in [0.2, 0.25) is 11.7 Å². The van der Waals surface area contributed by atoms with Crippen LogP contribution in [-0.2, 0) is 4.79 Å². The second-order valence-corrected chi connectivity index (χ2v) is 10.6. The first kappa shape index (κ1) is 26.8. The molecule has 4 unspecified atom stereocenters. The molecule has 40 heavy (non-hydrogen) atoms. The normalized spacial score (nSPS) is 20.3. The quantitative estimate of drug-likeness (QED) is 0.172. The molecule has 1 saturated heterocycles. The van der Waals surface area contributed by atoms with Crippen molar-refractivity contribution < 1.29 is 23.7 Å². The van der Waals surface area contributed by atoms with E-state index < -0.39 is 46.6 Å². The van der Waals surface area contributed by atoms with Crippen LogP contribution in [-0.4, -0.2) is 33.6 Å². The molecule has 1 aliphatic heterocycles. The number of rotatable bonds is 7. The van der Waals surface area contributed by atoms with Crippen molar-refractivity contribution in [3.05, 3.63) is 116 Å². The zero-order valence-electron chi connectivity index (χ0n) is 21.6. The van der Waals surface area contributed by atoms with E-state index >= 15 is 0 Å². The standard InChI is InChI=1S/C29H26N4O6S/c1-16-13-14-40-27(16)23-22(26(34)21-12-11-17(2)39-21)24(18-7-6-10-20(15-18)33(37)38)32(25(23)28(30)35)29(36)31-19-8-4-3-5-9-19/h3-15,22-25H,1-2H3,(H2,30,35)(H,31,36). The Morgan fingerprint density at radius 1 is 1.02 bits per heavy atom. The number of nitrogens with one attached hydrogen (secondary N) is 1. The molecule has 3 N–H and O–H groups in total. The van der Waals surface area contributed by atoms with Crippen molar-refractivity contribution in [1.82, 2.24) is 4.90 Å². The Bertz CT molecular complexity index is 1600. The second kappa shape index (κ2) is 10.8. The Balaban J connectivity index is 1.75. The molecule has 3 amide bonds. The first-order valence-electron chi connectivity index (χ1n) is 12.5. The van der Waals surface area contributed by atoms with Crippen LogP contribution in [0.5, 0.6) is 0 Å². The number of para-hydroxylation sites is 1. The number of furan rings is 1. The molecule has 11 heteroatoms. The third kappa shape index (κ3) is 4.87. The number of aryl methyl sites for hydroxylation is 2. The van der Waals surface area contributed by atoms with Crippen LogP contribution in [0.2, 0.25) is 0 Å². The molecule has 1 fully saturated rings. The lowest BCUT2D eigenvalue weighted by atomic mass is 9.79. The van der Waals surface area contributed by atoms with Gasteiger partial charge < -0.3 is 20.4 Å². The van der Waals surface area contributed by atoms with Gasteiger partial charge in [0.1, 0.15) is 11.8 Å². The second-order valence-electron chi connectivity index (χ2n) is 9.64. The summed E-state index contributed by atoms with van der Waals surface area (Å²) in [5.74, 6) is -2.54. The molecule has 2 aromatic carbocycles. The smallest absolute Gasteiger partial charge is 0.323 e. The van der Waals surface area contributed by atoms with Crippen LogP contribution in [0, 0.1) is 29.9 Å². The van der Waals surface area contributed by atoms with Crippen molar-refractivity contribution in [2.45, 2.75) is 31.8 Å². The number of anilines is 1. The highest BCUT2D eigenvalue weighted by atomic mass is 32.1. The third-order valence-corrected chi connectivity index (χ3v) is 8.25. The van der Waals surface area contributed by atoms with Crippen LogP contribution in [0.25, 0.3) is 0 Å². The minimum atomic E-state index is -1.24. The summed E-state index contributed by atoms with van der Waals surface area (Å²) in [5, 5.41) is 16.3. The first-order chi connectivity index (χ1) is 19.2. The Kier molecular flexibility index (Phi) is 7.22. The molecule has 10 nitrogen and oxygen atoms in total. The number of urea groups is 1. The molecular formula is C29H26N4O6S. The third-order valence-electron chi connectivity index (χ3n) is 7.13. The number of carbonyl (C=O) groups is 3. The van der Waals surface area contributed by atoms with Crippen LogP contribution in [0.3, 0.4) is 0 Å². The minimum Gasteiger partial charge on any atom is -0.458 e. The van der Waals surface area contributed by atoms with Gasteiger partial charge in [0.15, 0.2) is 5.76 Å². The van der Waals surface area contributed by atoms with Crippen molar-refractivity contribution in [2.24, 2.45) is 11.7 Å². The van der Waals surface area contributed by atoms with E-state index in [1.807, 2.05) is 18.4 Å². The van der Waals surface area contributed by atoms with Crippen molar-refractivity contribution >= 4 is 40.4 Å². The van der Waals surface area contributed by atoms with Crippen LogP contribution in [0.4, 0.5) is 16.2 Å². The highest BCUT2D eigenvalue weighted by Gasteiger charge is 2.58. The molecule has 4 aromatic rings. The molecule has 1 aliphatic rings. The maximum Gasteiger partial charge on any atom is 0.323 e. The fourth-order valence-corrected chi connectivity index (χ4v) is 6.55. The number of primary amides is 1. The van der Waals surface area contributed by atoms with E-state index in [-0.39, 0.29) is 11.4 Å². The lowest BCUT2D eigenvalue weighted by molar-refractivity contribution is -0.385. The Morgan fingerprint density at radius 2 is 1.77 bits per heavy atom. The summed E-state index contributed by atoms with van der Waals surface area (Å²) in [5.41, 5.74) is 7.39. The number of likely N-dealkylation sites (tertiary alicyclic amines) is 1. The van der Waals surface area contributed by atoms with E-state index in [0.717, 1.165) is 10.4 Å². The Hall–Kier alpha value is -4.77. The lowest BCUT2D eigenvalue weighted by Gasteiger charge is -2.30. The number of ketones is 1. The highest BCUT2D eigenvalue weighted by Crippen LogP contribution is 2.53. The number of hydrogen-bond acceptors (Lipinski definition) is 7. The van der Waals surface area contributed by atoms with E-state index in [1.165, 1.54) is 34.4 Å². The SMILES string of the molecule is Cc1ccc(C(=O)C2C(c3sccc3C)C(C(N)=O)N(C(=O)Nc3ccccc3)C2c2cccc([N+](=O)[O-])c2)o1. The molecule has 0 saturated carbocycles. The highest BCUT2D eigenvalue weighted by molar-refractivity contribution is 7.10. The molecule has 204 valence electrons. The number of nitrogens with zero attached hydrogens (tertiary/aromatic N) is 2. The van der Waals surface area contributed by atoms with E-state index in [4.69, 9.17) is 10.2 Å². The van der Waals surface area contributed by atoms with Crippen molar-refractivity contribution in [3.8, 4) is 0 Å². The minimum absolute atomic E-state index is 0.0608. The number of thiophene rings is 1. The maximum absolute atomic E-state index is 14.2. The van der Waals surface area contributed by atoms with Gasteiger partial charge in [-0.1, -0.05) is 30.3 Å². The molecule has 0 aliphatic carbocycles. The van der Waals surface area contributed by atoms with Gasteiger partial charge in [-0.3, -0.25) is 19.7 Å². The lowest BCUT2D eigenvalue weighted by Crippen LogP contribution is -2.48. The van der Waals surface area contributed by atoms with Crippen molar-refractivity contribution in [3.63, 3.8) is 0 Å². The van der Waals surface area contributed by atoms with E-state index in [0.29, 0.717) is 17.0 Å².